The van der Waals surface area contributed by atoms with E-state index >= 15 is 0 Å². The molecule has 11 rings (SSSR count). The van der Waals surface area contributed by atoms with Gasteiger partial charge in [0.2, 0.25) is 0 Å². The van der Waals surface area contributed by atoms with Gasteiger partial charge in [-0.25, -0.2) is 4.85 Å². The fourth-order valence-electron chi connectivity index (χ4n) is 8.69. The second-order valence-corrected chi connectivity index (χ2v) is 13.7. The summed E-state index contributed by atoms with van der Waals surface area (Å²) in [5, 5.41) is 2.10. The normalized spacial score (nSPS) is 15.0. The molecule has 4 heteroatoms. The lowest BCUT2D eigenvalue weighted by atomic mass is 9.62. The predicted octanol–water partition coefficient (Wildman–Crippen LogP) is 13.0. The second-order valence-electron chi connectivity index (χ2n) is 13.7. The number of aromatic nitrogens is 1. The number of fused-ring (bicyclic) bond motifs is 14. The minimum Gasteiger partial charge on any atom is -0.457 e. The molecule has 53 heavy (non-hydrogen) atoms. The van der Waals surface area contributed by atoms with Gasteiger partial charge in [0.15, 0.2) is 5.69 Å². The van der Waals surface area contributed by atoms with Crippen molar-refractivity contribution in [2.45, 2.75) is 5.41 Å². The number of rotatable bonds is 2. The summed E-state index contributed by atoms with van der Waals surface area (Å²) < 4.78 is 13.5. The number of pyridine rings is 1. The molecule has 0 bridgehead atoms. The van der Waals surface area contributed by atoms with Crippen molar-refractivity contribution in [3.8, 4) is 56.1 Å². The van der Waals surface area contributed by atoms with Crippen LogP contribution in [0.4, 0.5) is 5.69 Å². The SMILES string of the molecule is [C-]#[N+]c1ccc(-c2ccc(-c3ccc4c(c3)C3(c5ccccc5Oc5cc6c(cc53)oc3ccccc36)c3ccccc3-c3ccccc3-4)cn2)cc1. The highest BCUT2D eigenvalue weighted by atomic mass is 16.5. The topological polar surface area (TPSA) is 39.6 Å². The van der Waals surface area contributed by atoms with Gasteiger partial charge < -0.3 is 9.15 Å². The first-order valence-corrected chi connectivity index (χ1v) is 17.7. The van der Waals surface area contributed by atoms with Gasteiger partial charge in [0.1, 0.15) is 22.7 Å². The average molecular weight is 677 g/mol. The molecule has 1 aliphatic heterocycles. The molecular formula is C49H28N2O2. The van der Waals surface area contributed by atoms with Gasteiger partial charge in [-0.05, 0) is 80.9 Å². The van der Waals surface area contributed by atoms with Crippen LogP contribution in [0.2, 0.25) is 0 Å². The van der Waals surface area contributed by atoms with E-state index in [1.165, 1.54) is 27.8 Å². The van der Waals surface area contributed by atoms with E-state index in [1.54, 1.807) is 0 Å². The van der Waals surface area contributed by atoms with Gasteiger partial charge in [0.05, 0.1) is 17.7 Å². The summed E-state index contributed by atoms with van der Waals surface area (Å²) >= 11 is 0. The Balaban J connectivity index is 1.23. The lowest BCUT2D eigenvalue weighted by Gasteiger charge is -2.42. The lowest BCUT2D eigenvalue weighted by Crippen LogP contribution is -2.34. The molecule has 0 saturated carbocycles. The van der Waals surface area contributed by atoms with Crippen LogP contribution >= 0.6 is 0 Å². The molecule has 0 radical (unpaired) electrons. The molecule has 2 aliphatic rings. The lowest BCUT2D eigenvalue weighted by molar-refractivity contribution is 0.435. The van der Waals surface area contributed by atoms with Crippen molar-refractivity contribution in [2.24, 2.45) is 0 Å². The summed E-state index contributed by atoms with van der Waals surface area (Å²) in [6.07, 6.45) is 1.95. The zero-order chi connectivity index (χ0) is 35.1. The Bertz CT molecular complexity index is 2990. The van der Waals surface area contributed by atoms with Crippen molar-refractivity contribution in [1.29, 1.82) is 0 Å². The minimum atomic E-state index is -0.768. The van der Waals surface area contributed by atoms with E-state index in [2.05, 4.69) is 132 Å². The standard InChI is InChI=1S/C49H28N2O2/c1-50-33-22-18-30(19-23-33)44-25-21-32(29-51-44)31-20-24-37-35-11-3-2-10-34(35)36-12-4-6-14-40(36)49(42(37)26-31)41-15-7-9-17-46(41)53-48-27-39-38-13-5-8-16-45(38)52-47(39)28-43(48)49/h2-29H. The molecule has 0 N–H and O–H groups in total. The Morgan fingerprint density at radius 3 is 1.94 bits per heavy atom. The van der Waals surface area contributed by atoms with Crippen LogP contribution in [0.5, 0.6) is 11.5 Å². The van der Waals surface area contributed by atoms with Crippen LogP contribution in [0.1, 0.15) is 22.3 Å². The number of hydrogen-bond donors (Lipinski definition) is 0. The third kappa shape index (κ3) is 4.19. The number of furan rings is 1. The van der Waals surface area contributed by atoms with Crippen LogP contribution in [0.15, 0.2) is 174 Å². The quantitative estimate of drug-likeness (QED) is 0.171. The smallest absolute Gasteiger partial charge is 0.187 e. The van der Waals surface area contributed by atoms with Crippen molar-refractivity contribution in [3.05, 3.63) is 204 Å². The highest BCUT2D eigenvalue weighted by Gasteiger charge is 2.49. The molecule has 0 amide bonds. The van der Waals surface area contributed by atoms with E-state index in [-0.39, 0.29) is 0 Å². The largest absolute Gasteiger partial charge is 0.457 e. The molecule has 4 nitrogen and oxygen atoms in total. The van der Waals surface area contributed by atoms with Crippen molar-refractivity contribution in [2.75, 3.05) is 0 Å². The van der Waals surface area contributed by atoms with Crippen LogP contribution in [0.25, 0.3) is 71.4 Å². The summed E-state index contributed by atoms with van der Waals surface area (Å²) in [7, 11) is 0. The van der Waals surface area contributed by atoms with Crippen LogP contribution < -0.4 is 4.74 Å². The van der Waals surface area contributed by atoms with Crippen LogP contribution in [-0.2, 0) is 5.41 Å². The number of benzene rings is 7. The van der Waals surface area contributed by atoms with Gasteiger partial charge >= 0.3 is 0 Å². The Morgan fingerprint density at radius 2 is 1.15 bits per heavy atom. The Hall–Kier alpha value is -7.22. The first-order chi connectivity index (χ1) is 26.2. The molecule has 1 spiro atoms. The summed E-state index contributed by atoms with van der Waals surface area (Å²) in [5.74, 6) is 1.65. The van der Waals surface area contributed by atoms with Crippen molar-refractivity contribution >= 4 is 27.6 Å². The van der Waals surface area contributed by atoms with Crippen molar-refractivity contribution in [1.82, 2.24) is 4.98 Å². The van der Waals surface area contributed by atoms with Crippen LogP contribution in [0, 0.1) is 6.57 Å². The van der Waals surface area contributed by atoms with E-state index in [1.807, 2.05) is 42.6 Å². The van der Waals surface area contributed by atoms with Crippen LogP contribution in [-0.4, -0.2) is 4.98 Å². The Morgan fingerprint density at radius 1 is 0.472 bits per heavy atom. The van der Waals surface area contributed by atoms with Gasteiger partial charge in [0.25, 0.3) is 0 Å². The molecule has 0 fully saturated rings. The molecular weight excluding hydrogens is 649 g/mol. The molecule has 2 aromatic heterocycles. The maximum Gasteiger partial charge on any atom is 0.187 e. The maximum absolute atomic E-state index is 7.31. The third-order valence-corrected chi connectivity index (χ3v) is 11.0. The molecule has 9 aromatic rings. The fourth-order valence-corrected chi connectivity index (χ4v) is 8.69. The zero-order valence-electron chi connectivity index (χ0n) is 28.4. The Labute approximate surface area is 306 Å². The molecule has 7 aromatic carbocycles. The third-order valence-electron chi connectivity index (χ3n) is 11.0. The van der Waals surface area contributed by atoms with E-state index in [4.69, 9.17) is 20.7 Å². The number of nitrogens with zero attached hydrogens (tertiary/aromatic N) is 2. The second kappa shape index (κ2) is 11.1. The van der Waals surface area contributed by atoms with Crippen LogP contribution in [0.3, 0.4) is 0 Å². The molecule has 1 atom stereocenters. The van der Waals surface area contributed by atoms with Gasteiger partial charge in [-0.2, -0.15) is 0 Å². The van der Waals surface area contributed by atoms with E-state index in [0.717, 1.165) is 72.5 Å². The van der Waals surface area contributed by atoms with Crippen molar-refractivity contribution in [3.63, 3.8) is 0 Å². The van der Waals surface area contributed by atoms with Gasteiger partial charge in [-0.15, -0.1) is 0 Å². The van der Waals surface area contributed by atoms with E-state index < -0.39 is 5.41 Å². The van der Waals surface area contributed by atoms with Gasteiger partial charge in [-0.3, -0.25) is 4.98 Å². The highest BCUT2D eigenvalue weighted by molar-refractivity contribution is 6.06. The fraction of sp³-hybridized carbons (Fsp3) is 0.0204. The van der Waals surface area contributed by atoms with E-state index in [0.29, 0.717) is 5.69 Å². The number of para-hydroxylation sites is 2. The maximum atomic E-state index is 7.31. The summed E-state index contributed by atoms with van der Waals surface area (Å²) in [6, 6.07) is 57.3. The van der Waals surface area contributed by atoms with Gasteiger partial charge in [0, 0.05) is 33.7 Å². The highest BCUT2D eigenvalue weighted by Crippen LogP contribution is 2.61. The number of hydrogen-bond acceptors (Lipinski definition) is 3. The summed E-state index contributed by atoms with van der Waals surface area (Å²) in [4.78, 5) is 8.44. The molecule has 3 heterocycles. The monoisotopic (exact) mass is 676 g/mol. The number of ether oxygens (including phenoxy) is 1. The van der Waals surface area contributed by atoms with Gasteiger partial charge in [-0.1, -0.05) is 127 Å². The predicted molar refractivity (Wildman–Crippen MR) is 211 cm³/mol. The average Bonchev–Trinajstić information content (AvgIpc) is 3.55. The first kappa shape index (κ1) is 29.5. The summed E-state index contributed by atoms with van der Waals surface area (Å²) in [5.41, 5.74) is 14.7. The molecule has 0 saturated heterocycles. The molecule has 1 unspecified atom stereocenters. The minimum absolute atomic E-state index is 0.615. The molecule has 246 valence electrons. The zero-order valence-corrected chi connectivity index (χ0v) is 28.4. The summed E-state index contributed by atoms with van der Waals surface area (Å²) in [6.45, 7) is 7.31. The van der Waals surface area contributed by atoms with Crippen molar-refractivity contribution < 1.29 is 9.15 Å². The Kier molecular flexibility index (Phi) is 6.20. The molecule has 1 aliphatic carbocycles. The first-order valence-electron chi connectivity index (χ1n) is 17.7. The van der Waals surface area contributed by atoms with E-state index in [9.17, 15) is 0 Å².